The Bertz CT molecular complexity index is 553. The Morgan fingerprint density at radius 1 is 1.16 bits per heavy atom. The Hall–Kier alpha value is -1.30. The highest BCUT2D eigenvalue weighted by atomic mass is 16.7. The normalized spacial score (nSPS) is 23.6. The van der Waals surface area contributed by atoms with E-state index in [0.717, 1.165) is 31.2 Å². The van der Waals surface area contributed by atoms with Crippen LogP contribution in [-0.2, 0) is 9.47 Å². The molecule has 0 amide bonds. The minimum Gasteiger partial charge on any atom is -0.493 e. The van der Waals surface area contributed by atoms with Crippen molar-refractivity contribution in [2.45, 2.75) is 69.4 Å². The summed E-state index contributed by atoms with van der Waals surface area (Å²) in [6.07, 6.45) is 7.91. The van der Waals surface area contributed by atoms with Crippen LogP contribution >= 0.6 is 0 Å². The molecule has 1 aromatic carbocycles. The maximum absolute atomic E-state index is 10.5. The first kappa shape index (κ1) is 18.5. The molecule has 3 rings (SSSR count). The Morgan fingerprint density at radius 2 is 1.92 bits per heavy atom. The predicted octanol–water partition coefficient (Wildman–Crippen LogP) is 3.98. The summed E-state index contributed by atoms with van der Waals surface area (Å²) in [5.74, 6) is 1.02. The number of hydrogen-bond acceptors (Lipinski definition) is 5. The van der Waals surface area contributed by atoms with Crippen molar-refractivity contribution in [1.29, 1.82) is 0 Å². The van der Waals surface area contributed by atoms with E-state index in [2.05, 4.69) is 0 Å². The number of aliphatic hydroxyl groups is 1. The molecule has 0 aromatic heterocycles. The van der Waals surface area contributed by atoms with Crippen LogP contribution in [0.1, 0.15) is 63.0 Å². The van der Waals surface area contributed by atoms with Crippen LogP contribution in [0, 0.1) is 0 Å². The van der Waals surface area contributed by atoms with Gasteiger partial charge in [0.25, 0.3) is 0 Å². The lowest BCUT2D eigenvalue weighted by atomic mass is 9.94. The van der Waals surface area contributed by atoms with Crippen LogP contribution in [-0.4, -0.2) is 37.8 Å². The highest BCUT2D eigenvalue weighted by Gasteiger charge is 2.41. The first-order valence-corrected chi connectivity index (χ1v) is 9.37. The van der Waals surface area contributed by atoms with Crippen LogP contribution in [0.5, 0.6) is 11.5 Å². The highest BCUT2D eigenvalue weighted by molar-refractivity contribution is 5.43. The summed E-state index contributed by atoms with van der Waals surface area (Å²) in [5, 5.41) is 10.5. The van der Waals surface area contributed by atoms with E-state index >= 15 is 0 Å². The van der Waals surface area contributed by atoms with Gasteiger partial charge in [0.2, 0.25) is 0 Å². The topological polar surface area (TPSA) is 57.2 Å². The molecule has 1 unspecified atom stereocenters. The van der Waals surface area contributed by atoms with E-state index in [1.807, 2.05) is 18.2 Å². The summed E-state index contributed by atoms with van der Waals surface area (Å²) in [5.41, 5.74) is 0.852. The number of hydrogen-bond donors (Lipinski definition) is 1. The lowest BCUT2D eigenvalue weighted by molar-refractivity contribution is -0.187. The summed E-state index contributed by atoms with van der Waals surface area (Å²) in [6, 6.07) is 5.56. The fourth-order valence-corrected chi connectivity index (χ4v) is 3.88. The van der Waals surface area contributed by atoms with Crippen molar-refractivity contribution < 1.29 is 24.1 Å². The third kappa shape index (κ3) is 4.46. The summed E-state index contributed by atoms with van der Waals surface area (Å²) in [4.78, 5) is 0. The zero-order chi connectivity index (χ0) is 17.7. The number of ether oxygens (including phenoxy) is 4. The number of benzene rings is 1. The van der Waals surface area contributed by atoms with E-state index in [0.29, 0.717) is 24.5 Å². The number of rotatable bonds is 7. The average molecular weight is 350 g/mol. The van der Waals surface area contributed by atoms with Crippen molar-refractivity contribution in [3.8, 4) is 11.5 Å². The summed E-state index contributed by atoms with van der Waals surface area (Å²) < 4.78 is 22.7. The standard InChI is InChI=1S/C20H30O5/c1-22-18-10-9-15(13-19(18)23-2)17(21)8-6-7-16-14-24-20(25-16)11-4-3-5-12-20/h9-10,13,16-17,21H,3-8,11-12,14H2,1-2H3/t16-,17?/m0/s1. The number of methoxy groups -OCH3 is 2. The first-order valence-electron chi connectivity index (χ1n) is 9.37. The minimum atomic E-state index is -0.509. The summed E-state index contributed by atoms with van der Waals surface area (Å²) >= 11 is 0. The van der Waals surface area contributed by atoms with Gasteiger partial charge in [-0.15, -0.1) is 0 Å². The molecular weight excluding hydrogens is 320 g/mol. The zero-order valence-electron chi connectivity index (χ0n) is 15.3. The second-order valence-corrected chi connectivity index (χ2v) is 7.08. The van der Waals surface area contributed by atoms with Gasteiger partial charge in [-0.2, -0.15) is 0 Å². The van der Waals surface area contributed by atoms with Gasteiger partial charge in [0.1, 0.15) is 0 Å². The third-order valence-electron chi connectivity index (χ3n) is 5.33. The molecular formula is C20H30O5. The molecule has 25 heavy (non-hydrogen) atoms. The molecule has 0 radical (unpaired) electrons. The monoisotopic (exact) mass is 350 g/mol. The van der Waals surface area contributed by atoms with Gasteiger partial charge in [0.05, 0.1) is 33.0 Å². The molecule has 1 saturated carbocycles. The molecule has 0 bridgehead atoms. The van der Waals surface area contributed by atoms with Crippen LogP contribution in [0.15, 0.2) is 18.2 Å². The smallest absolute Gasteiger partial charge is 0.168 e. The van der Waals surface area contributed by atoms with Crippen molar-refractivity contribution in [3.63, 3.8) is 0 Å². The van der Waals surface area contributed by atoms with Crippen LogP contribution in [0.2, 0.25) is 0 Å². The van der Waals surface area contributed by atoms with Gasteiger partial charge in [-0.1, -0.05) is 12.5 Å². The van der Waals surface area contributed by atoms with E-state index in [1.165, 1.54) is 19.3 Å². The van der Waals surface area contributed by atoms with Crippen LogP contribution in [0.4, 0.5) is 0 Å². The van der Waals surface area contributed by atoms with Crippen molar-refractivity contribution in [2.75, 3.05) is 20.8 Å². The Kier molecular flexibility index (Phi) is 6.20. The molecule has 1 spiro atoms. The first-order chi connectivity index (χ1) is 12.2. The number of aliphatic hydroxyl groups excluding tert-OH is 1. The molecule has 1 heterocycles. The largest absolute Gasteiger partial charge is 0.493 e. The molecule has 1 N–H and O–H groups in total. The third-order valence-corrected chi connectivity index (χ3v) is 5.33. The molecule has 1 aliphatic carbocycles. The van der Waals surface area contributed by atoms with E-state index in [1.54, 1.807) is 14.2 Å². The van der Waals surface area contributed by atoms with Gasteiger partial charge in [-0.25, -0.2) is 0 Å². The molecule has 1 aliphatic heterocycles. The lowest BCUT2D eigenvalue weighted by Gasteiger charge is -2.31. The maximum Gasteiger partial charge on any atom is 0.168 e. The quantitative estimate of drug-likeness (QED) is 0.806. The van der Waals surface area contributed by atoms with Gasteiger partial charge in [0, 0.05) is 12.8 Å². The lowest BCUT2D eigenvalue weighted by Crippen LogP contribution is -2.33. The summed E-state index contributed by atoms with van der Waals surface area (Å²) in [7, 11) is 3.21. The Labute approximate surface area is 150 Å². The fourth-order valence-electron chi connectivity index (χ4n) is 3.88. The minimum absolute atomic E-state index is 0.163. The Morgan fingerprint density at radius 3 is 2.64 bits per heavy atom. The van der Waals surface area contributed by atoms with Gasteiger partial charge >= 0.3 is 0 Å². The van der Waals surface area contributed by atoms with E-state index < -0.39 is 6.10 Å². The van der Waals surface area contributed by atoms with Crippen molar-refractivity contribution in [1.82, 2.24) is 0 Å². The average Bonchev–Trinajstić information content (AvgIpc) is 3.03. The van der Waals surface area contributed by atoms with Crippen LogP contribution < -0.4 is 9.47 Å². The van der Waals surface area contributed by atoms with Crippen molar-refractivity contribution in [2.24, 2.45) is 0 Å². The second kappa shape index (κ2) is 8.39. The molecule has 2 atom stereocenters. The van der Waals surface area contributed by atoms with Gasteiger partial charge in [-0.05, 0) is 49.8 Å². The molecule has 1 aromatic rings. The molecule has 140 valence electrons. The molecule has 1 saturated heterocycles. The fraction of sp³-hybridized carbons (Fsp3) is 0.700. The van der Waals surface area contributed by atoms with E-state index in [-0.39, 0.29) is 11.9 Å². The SMILES string of the molecule is COc1ccc(C(O)CCC[C@H]2COC3(CCCCC3)O2)cc1OC. The maximum atomic E-state index is 10.5. The summed E-state index contributed by atoms with van der Waals surface area (Å²) in [6.45, 7) is 0.687. The van der Waals surface area contributed by atoms with Gasteiger partial charge in [0.15, 0.2) is 17.3 Å². The molecule has 5 nitrogen and oxygen atoms in total. The van der Waals surface area contributed by atoms with Gasteiger partial charge < -0.3 is 24.1 Å². The second-order valence-electron chi connectivity index (χ2n) is 7.08. The Balaban J connectivity index is 1.46. The van der Waals surface area contributed by atoms with Gasteiger partial charge in [-0.3, -0.25) is 0 Å². The zero-order valence-corrected chi connectivity index (χ0v) is 15.3. The van der Waals surface area contributed by atoms with Crippen LogP contribution in [0.25, 0.3) is 0 Å². The highest BCUT2D eigenvalue weighted by Crippen LogP contribution is 2.39. The van der Waals surface area contributed by atoms with E-state index in [4.69, 9.17) is 18.9 Å². The molecule has 2 aliphatic rings. The molecule has 2 fully saturated rings. The van der Waals surface area contributed by atoms with Crippen molar-refractivity contribution in [3.05, 3.63) is 23.8 Å². The van der Waals surface area contributed by atoms with Crippen LogP contribution in [0.3, 0.4) is 0 Å². The van der Waals surface area contributed by atoms with E-state index in [9.17, 15) is 5.11 Å². The van der Waals surface area contributed by atoms with Crippen molar-refractivity contribution >= 4 is 0 Å². The predicted molar refractivity (Wildman–Crippen MR) is 95.0 cm³/mol. The molecule has 5 heteroatoms.